The third-order valence-electron chi connectivity index (χ3n) is 3.17. The monoisotopic (exact) mass is 279 g/mol. The maximum atomic E-state index is 11.9. The highest BCUT2D eigenvalue weighted by Gasteiger charge is 2.17. The Hall–Kier alpha value is -1.89. The fourth-order valence-corrected chi connectivity index (χ4v) is 2.22. The number of anilines is 2. The van der Waals surface area contributed by atoms with Crippen LogP contribution in [-0.2, 0) is 16.1 Å². The smallest absolute Gasteiger partial charge is 0.224 e. The number of nitrogens with zero attached hydrogens (tertiary/aromatic N) is 3. The normalized spacial score (nSPS) is 14.6. The average Bonchev–Trinajstić information content (AvgIpc) is 2.92. The molecule has 0 bridgehead atoms. The van der Waals surface area contributed by atoms with Crippen LogP contribution in [0.1, 0.15) is 25.1 Å². The average molecular weight is 279 g/mol. The number of carbonyl (C=O) groups excluding carboxylic acids is 1. The standard InChI is InChI=1S/C13H21N5O2/c1-20-9-12-16-10(14)8-11(17-12)15-5-4-13(19)18-6-2-3-7-18/h8H,2-7,9H2,1H3,(H3,14,15,16,17). The molecule has 2 heterocycles. The van der Waals surface area contributed by atoms with Crippen LogP contribution in [0, 0.1) is 0 Å². The number of carbonyl (C=O) groups is 1. The van der Waals surface area contributed by atoms with Crippen molar-refractivity contribution in [1.29, 1.82) is 0 Å². The third kappa shape index (κ3) is 4.06. The summed E-state index contributed by atoms with van der Waals surface area (Å²) in [4.78, 5) is 22.1. The minimum Gasteiger partial charge on any atom is -0.384 e. The molecule has 2 rings (SSSR count). The Labute approximate surface area is 118 Å². The first kappa shape index (κ1) is 14.5. The highest BCUT2D eigenvalue weighted by atomic mass is 16.5. The largest absolute Gasteiger partial charge is 0.384 e. The van der Waals surface area contributed by atoms with E-state index in [0.717, 1.165) is 25.9 Å². The second kappa shape index (κ2) is 7.04. The molecule has 0 radical (unpaired) electrons. The van der Waals surface area contributed by atoms with E-state index in [1.165, 1.54) is 0 Å². The lowest BCUT2D eigenvalue weighted by Crippen LogP contribution is -2.29. The summed E-state index contributed by atoms with van der Waals surface area (Å²) in [5, 5.41) is 3.10. The van der Waals surface area contributed by atoms with E-state index in [1.54, 1.807) is 13.2 Å². The SMILES string of the molecule is COCc1nc(N)cc(NCCC(=O)N2CCCC2)n1. The van der Waals surface area contributed by atoms with Gasteiger partial charge in [-0.3, -0.25) is 4.79 Å². The fourth-order valence-electron chi connectivity index (χ4n) is 2.22. The van der Waals surface area contributed by atoms with E-state index >= 15 is 0 Å². The molecule has 1 amide bonds. The van der Waals surface area contributed by atoms with Gasteiger partial charge in [0.2, 0.25) is 5.91 Å². The second-order valence-corrected chi connectivity index (χ2v) is 4.79. The summed E-state index contributed by atoms with van der Waals surface area (Å²) >= 11 is 0. The fraction of sp³-hybridized carbons (Fsp3) is 0.615. The van der Waals surface area contributed by atoms with Gasteiger partial charge in [-0.25, -0.2) is 9.97 Å². The van der Waals surface area contributed by atoms with Gasteiger partial charge in [-0.2, -0.15) is 0 Å². The number of hydrogen-bond donors (Lipinski definition) is 2. The molecule has 110 valence electrons. The van der Waals surface area contributed by atoms with Crippen molar-refractivity contribution in [3.8, 4) is 0 Å². The summed E-state index contributed by atoms with van der Waals surface area (Å²) in [5.74, 6) is 1.73. The first-order chi connectivity index (χ1) is 9.69. The minimum atomic E-state index is 0.189. The number of hydrogen-bond acceptors (Lipinski definition) is 6. The molecule has 0 aromatic carbocycles. The Morgan fingerprint density at radius 1 is 1.45 bits per heavy atom. The van der Waals surface area contributed by atoms with E-state index < -0.39 is 0 Å². The molecule has 3 N–H and O–H groups in total. The van der Waals surface area contributed by atoms with Crippen LogP contribution in [0.15, 0.2) is 6.07 Å². The van der Waals surface area contributed by atoms with Crippen LogP contribution in [0.2, 0.25) is 0 Å². The molecule has 7 heteroatoms. The third-order valence-corrected chi connectivity index (χ3v) is 3.17. The van der Waals surface area contributed by atoms with Crippen LogP contribution in [0.25, 0.3) is 0 Å². The van der Waals surface area contributed by atoms with Gasteiger partial charge in [0.15, 0.2) is 5.82 Å². The summed E-state index contributed by atoms with van der Waals surface area (Å²) in [6, 6.07) is 1.65. The van der Waals surface area contributed by atoms with Crippen molar-refractivity contribution < 1.29 is 9.53 Å². The Balaban J connectivity index is 1.82. The van der Waals surface area contributed by atoms with Crippen LogP contribution in [-0.4, -0.2) is 47.5 Å². The van der Waals surface area contributed by atoms with Crippen LogP contribution >= 0.6 is 0 Å². The van der Waals surface area contributed by atoms with E-state index in [-0.39, 0.29) is 5.91 Å². The van der Waals surface area contributed by atoms with Gasteiger partial charge < -0.3 is 20.7 Å². The minimum absolute atomic E-state index is 0.189. The zero-order valence-electron chi connectivity index (χ0n) is 11.8. The van der Waals surface area contributed by atoms with Gasteiger partial charge in [-0.1, -0.05) is 0 Å². The molecule has 0 spiro atoms. The molecule has 0 saturated carbocycles. The van der Waals surface area contributed by atoms with Crippen molar-refractivity contribution in [2.24, 2.45) is 0 Å². The molecule has 1 aromatic heterocycles. The molecule has 1 aliphatic rings. The highest BCUT2D eigenvalue weighted by molar-refractivity contribution is 5.76. The number of nitrogens with two attached hydrogens (primary N) is 1. The molecule has 1 aliphatic heterocycles. The molecular formula is C13H21N5O2. The number of ether oxygens (including phenoxy) is 1. The topological polar surface area (TPSA) is 93.4 Å². The van der Waals surface area contributed by atoms with Gasteiger partial charge in [-0.05, 0) is 12.8 Å². The molecule has 0 aliphatic carbocycles. The highest BCUT2D eigenvalue weighted by Crippen LogP contribution is 2.11. The number of aromatic nitrogens is 2. The number of likely N-dealkylation sites (tertiary alicyclic amines) is 1. The molecule has 1 aromatic rings. The van der Waals surface area contributed by atoms with E-state index in [2.05, 4.69) is 15.3 Å². The first-order valence-corrected chi connectivity index (χ1v) is 6.83. The summed E-state index contributed by atoms with van der Waals surface area (Å²) in [6.45, 7) is 2.62. The van der Waals surface area contributed by atoms with Crippen molar-refractivity contribution >= 4 is 17.5 Å². The Bertz CT molecular complexity index is 460. The van der Waals surface area contributed by atoms with Gasteiger partial charge >= 0.3 is 0 Å². The molecule has 20 heavy (non-hydrogen) atoms. The Morgan fingerprint density at radius 3 is 2.90 bits per heavy atom. The lowest BCUT2D eigenvalue weighted by atomic mass is 10.3. The maximum Gasteiger partial charge on any atom is 0.224 e. The second-order valence-electron chi connectivity index (χ2n) is 4.79. The van der Waals surface area contributed by atoms with E-state index in [0.29, 0.717) is 37.0 Å². The summed E-state index contributed by atoms with van der Waals surface area (Å²) in [7, 11) is 1.58. The van der Waals surface area contributed by atoms with Gasteiger partial charge in [0.05, 0.1) is 0 Å². The molecule has 0 unspecified atom stereocenters. The quantitative estimate of drug-likeness (QED) is 0.793. The molecule has 0 atom stereocenters. The van der Waals surface area contributed by atoms with E-state index in [1.807, 2.05) is 4.90 Å². The van der Waals surface area contributed by atoms with Gasteiger partial charge in [0.25, 0.3) is 0 Å². The van der Waals surface area contributed by atoms with Gasteiger partial charge in [0.1, 0.15) is 18.2 Å². The summed E-state index contributed by atoms with van der Waals surface area (Å²) < 4.78 is 4.98. The Kier molecular flexibility index (Phi) is 5.11. The Morgan fingerprint density at radius 2 is 2.20 bits per heavy atom. The van der Waals surface area contributed by atoms with E-state index in [9.17, 15) is 4.79 Å². The van der Waals surface area contributed by atoms with Crippen molar-refractivity contribution in [3.05, 3.63) is 11.9 Å². The zero-order chi connectivity index (χ0) is 14.4. The maximum absolute atomic E-state index is 11.9. The lowest BCUT2D eigenvalue weighted by molar-refractivity contribution is -0.129. The molecule has 1 fully saturated rings. The van der Waals surface area contributed by atoms with Gasteiger partial charge in [-0.15, -0.1) is 0 Å². The van der Waals surface area contributed by atoms with Crippen LogP contribution < -0.4 is 11.1 Å². The molecule has 7 nitrogen and oxygen atoms in total. The van der Waals surface area contributed by atoms with Crippen molar-refractivity contribution in [3.63, 3.8) is 0 Å². The molecular weight excluding hydrogens is 258 g/mol. The predicted molar refractivity (Wildman–Crippen MR) is 76.1 cm³/mol. The van der Waals surface area contributed by atoms with Crippen LogP contribution in [0.4, 0.5) is 11.6 Å². The summed E-state index contributed by atoms with van der Waals surface area (Å²) in [5.41, 5.74) is 5.70. The van der Waals surface area contributed by atoms with Crippen molar-refractivity contribution in [2.45, 2.75) is 25.9 Å². The number of nitrogen functional groups attached to an aromatic ring is 1. The number of nitrogens with one attached hydrogen (secondary N) is 1. The van der Waals surface area contributed by atoms with E-state index in [4.69, 9.17) is 10.5 Å². The zero-order valence-corrected chi connectivity index (χ0v) is 11.8. The predicted octanol–water partition coefficient (Wildman–Crippen LogP) is 0.630. The van der Waals surface area contributed by atoms with Crippen molar-refractivity contribution in [1.82, 2.24) is 14.9 Å². The number of methoxy groups -OCH3 is 1. The molecule has 1 saturated heterocycles. The van der Waals surface area contributed by atoms with Crippen LogP contribution in [0.3, 0.4) is 0 Å². The van der Waals surface area contributed by atoms with Crippen molar-refractivity contribution in [2.75, 3.05) is 37.8 Å². The number of amides is 1. The lowest BCUT2D eigenvalue weighted by Gasteiger charge is -2.15. The first-order valence-electron chi connectivity index (χ1n) is 6.83. The van der Waals surface area contributed by atoms with Gasteiger partial charge in [0, 0.05) is 39.2 Å². The summed E-state index contributed by atoms with van der Waals surface area (Å²) in [6.07, 6.45) is 2.69. The van der Waals surface area contributed by atoms with Crippen LogP contribution in [0.5, 0.6) is 0 Å². The number of rotatable bonds is 6.